The zero-order chi connectivity index (χ0) is 23.0. The lowest BCUT2D eigenvalue weighted by Gasteiger charge is -2.24. The number of halogens is 3. The average molecular weight is 508 g/mol. The number of nitrogens with zero attached hydrogens (tertiary/aromatic N) is 2. The second-order valence-electron chi connectivity index (χ2n) is 7.03. The molecular formula is C23H17Cl3N2O3S. The van der Waals surface area contributed by atoms with Gasteiger partial charge < -0.3 is 4.74 Å². The molecule has 0 bridgehead atoms. The van der Waals surface area contributed by atoms with Gasteiger partial charge in [-0.2, -0.15) is 0 Å². The summed E-state index contributed by atoms with van der Waals surface area (Å²) >= 11 is 19.4. The van der Waals surface area contributed by atoms with Gasteiger partial charge in [-0.15, -0.1) is 0 Å². The maximum atomic E-state index is 13.5. The van der Waals surface area contributed by atoms with Gasteiger partial charge in [-0.25, -0.2) is 9.79 Å². The van der Waals surface area contributed by atoms with E-state index in [1.807, 2.05) is 0 Å². The van der Waals surface area contributed by atoms with Gasteiger partial charge in [0.1, 0.15) is 0 Å². The number of thiazole rings is 1. The van der Waals surface area contributed by atoms with Crippen molar-refractivity contribution < 1.29 is 9.53 Å². The van der Waals surface area contributed by atoms with Gasteiger partial charge >= 0.3 is 5.97 Å². The Bertz CT molecular complexity index is 1420. The van der Waals surface area contributed by atoms with Crippen molar-refractivity contribution in [2.24, 2.45) is 4.99 Å². The van der Waals surface area contributed by atoms with E-state index in [4.69, 9.17) is 39.5 Å². The van der Waals surface area contributed by atoms with E-state index in [1.165, 1.54) is 15.9 Å². The fourth-order valence-corrected chi connectivity index (χ4v) is 4.98. The highest BCUT2D eigenvalue weighted by molar-refractivity contribution is 7.07. The third kappa shape index (κ3) is 4.28. The maximum Gasteiger partial charge on any atom is 0.338 e. The molecule has 1 aliphatic rings. The minimum Gasteiger partial charge on any atom is -0.463 e. The minimum atomic E-state index is -0.682. The molecule has 164 valence electrons. The first-order chi connectivity index (χ1) is 15.3. The van der Waals surface area contributed by atoms with Gasteiger partial charge in [-0.1, -0.05) is 64.3 Å². The highest BCUT2D eigenvalue weighted by atomic mass is 35.5. The molecule has 9 heteroatoms. The summed E-state index contributed by atoms with van der Waals surface area (Å²) in [5.74, 6) is -0.507. The van der Waals surface area contributed by atoms with Crippen LogP contribution in [-0.4, -0.2) is 17.1 Å². The van der Waals surface area contributed by atoms with E-state index in [0.717, 1.165) is 11.1 Å². The average Bonchev–Trinajstić information content (AvgIpc) is 3.05. The van der Waals surface area contributed by atoms with Crippen LogP contribution in [0.2, 0.25) is 15.1 Å². The van der Waals surface area contributed by atoms with Crippen LogP contribution >= 0.6 is 46.1 Å². The Morgan fingerprint density at radius 3 is 2.53 bits per heavy atom. The SMILES string of the molecule is CCOC(=O)C1=C(C)N=c2s/c(=C/c3ccc(Cl)c(Cl)c3)c(=O)n2C1c1ccc(Cl)cc1. The molecule has 1 atom stereocenters. The van der Waals surface area contributed by atoms with Gasteiger partial charge in [-0.3, -0.25) is 9.36 Å². The second kappa shape index (κ2) is 9.24. The molecule has 2 aromatic carbocycles. The lowest BCUT2D eigenvalue weighted by molar-refractivity contribution is -0.139. The third-order valence-corrected chi connectivity index (χ3v) is 6.92. The summed E-state index contributed by atoms with van der Waals surface area (Å²) < 4.78 is 7.26. The lowest BCUT2D eigenvalue weighted by atomic mass is 9.96. The van der Waals surface area contributed by atoms with E-state index < -0.39 is 12.0 Å². The fraction of sp³-hybridized carbons (Fsp3) is 0.174. The van der Waals surface area contributed by atoms with Gasteiger partial charge in [0.25, 0.3) is 5.56 Å². The summed E-state index contributed by atoms with van der Waals surface area (Å²) in [7, 11) is 0. The Balaban J connectivity index is 1.95. The Hall–Kier alpha value is -2.38. The topological polar surface area (TPSA) is 60.7 Å². The molecule has 1 unspecified atom stereocenters. The number of aromatic nitrogens is 1. The number of fused-ring (bicyclic) bond motifs is 1. The van der Waals surface area contributed by atoms with Crippen molar-refractivity contribution >= 4 is 58.2 Å². The normalized spacial score (nSPS) is 16.0. The predicted octanol–water partition coefficient (Wildman–Crippen LogP) is 4.76. The van der Waals surface area contributed by atoms with E-state index in [1.54, 1.807) is 62.4 Å². The van der Waals surface area contributed by atoms with Crippen LogP contribution in [0, 0.1) is 0 Å². The second-order valence-corrected chi connectivity index (χ2v) is 9.29. The zero-order valence-electron chi connectivity index (χ0n) is 17.1. The number of rotatable bonds is 4. The standard InChI is InChI=1S/C23H17Cl3N2O3S/c1-3-31-22(30)19-12(2)27-23-28(20(19)14-5-7-15(24)8-6-14)21(29)18(32-23)11-13-4-9-16(25)17(26)10-13/h4-11,20H,3H2,1-2H3/b18-11+. The van der Waals surface area contributed by atoms with Crippen molar-refractivity contribution in [2.75, 3.05) is 6.61 Å². The minimum absolute atomic E-state index is 0.213. The van der Waals surface area contributed by atoms with Gasteiger partial charge in [0.15, 0.2) is 4.80 Å². The lowest BCUT2D eigenvalue weighted by Crippen LogP contribution is -2.39. The Morgan fingerprint density at radius 1 is 1.16 bits per heavy atom. The van der Waals surface area contributed by atoms with Crippen molar-refractivity contribution in [3.05, 3.63) is 99.6 Å². The van der Waals surface area contributed by atoms with Gasteiger partial charge in [-0.05, 0) is 55.3 Å². The summed E-state index contributed by atoms with van der Waals surface area (Å²) in [6.45, 7) is 3.69. The van der Waals surface area contributed by atoms with Crippen LogP contribution < -0.4 is 14.9 Å². The van der Waals surface area contributed by atoms with Crippen molar-refractivity contribution in [2.45, 2.75) is 19.9 Å². The molecule has 0 fully saturated rings. The number of carbonyl (C=O) groups excluding carboxylic acids is 1. The first-order valence-electron chi connectivity index (χ1n) is 9.70. The molecule has 0 saturated carbocycles. The van der Waals surface area contributed by atoms with E-state index in [2.05, 4.69) is 4.99 Å². The zero-order valence-corrected chi connectivity index (χ0v) is 20.1. The number of carbonyl (C=O) groups is 1. The number of allylic oxidation sites excluding steroid dienone is 1. The van der Waals surface area contributed by atoms with Gasteiger partial charge in [0, 0.05) is 5.02 Å². The van der Waals surface area contributed by atoms with E-state index in [0.29, 0.717) is 35.7 Å². The summed E-state index contributed by atoms with van der Waals surface area (Å²) in [4.78, 5) is 31.3. The number of hydrogen-bond donors (Lipinski definition) is 0. The van der Waals surface area contributed by atoms with Crippen LogP contribution in [0.5, 0.6) is 0 Å². The quantitative estimate of drug-likeness (QED) is 0.479. The number of ether oxygens (including phenoxy) is 1. The highest BCUT2D eigenvalue weighted by Crippen LogP contribution is 2.31. The Morgan fingerprint density at radius 2 is 1.88 bits per heavy atom. The number of esters is 1. The molecular weight excluding hydrogens is 491 g/mol. The summed E-state index contributed by atoms with van der Waals surface area (Å²) in [5.41, 5.74) is 2.02. The summed E-state index contributed by atoms with van der Waals surface area (Å²) in [6.07, 6.45) is 1.73. The smallest absolute Gasteiger partial charge is 0.338 e. The molecule has 0 spiro atoms. The van der Waals surface area contributed by atoms with Crippen LogP contribution in [0.3, 0.4) is 0 Å². The molecule has 0 saturated heterocycles. The van der Waals surface area contributed by atoms with Crippen molar-refractivity contribution in [3.63, 3.8) is 0 Å². The van der Waals surface area contributed by atoms with Crippen molar-refractivity contribution in [3.8, 4) is 0 Å². The monoisotopic (exact) mass is 506 g/mol. The van der Waals surface area contributed by atoms with Crippen LogP contribution in [0.4, 0.5) is 0 Å². The third-order valence-electron chi connectivity index (χ3n) is 4.94. The summed E-state index contributed by atoms with van der Waals surface area (Å²) in [6, 6.07) is 11.5. The molecule has 0 N–H and O–H groups in total. The number of hydrogen-bond acceptors (Lipinski definition) is 5. The first kappa shape index (κ1) is 22.8. The van der Waals surface area contributed by atoms with Gasteiger partial charge in [0.2, 0.25) is 0 Å². The van der Waals surface area contributed by atoms with E-state index in [9.17, 15) is 9.59 Å². The fourth-order valence-electron chi connectivity index (χ4n) is 3.51. The van der Waals surface area contributed by atoms with E-state index >= 15 is 0 Å². The Kier molecular flexibility index (Phi) is 6.58. The molecule has 0 amide bonds. The highest BCUT2D eigenvalue weighted by Gasteiger charge is 2.33. The van der Waals surface area contributed by atoms with Crippen molar-refractivity contribution in [1.82, 2.24) is 4.57 Å². The molecule has 2 heterocycles. The molecule has 0 aliphatic carbocycles. The molecule has 32 heavy (non-hydrogen) atoms. The molecule has 4 rings (SSSR count). The van der Waals surface area contributed by atoms with Crippen LogP contribution in [0.15, 0.2) is 63.5 Å². The van der Waals surface area contributed by atoms with Crippen LogP contribution in [-0.2, 0) is 9.53 Å². The summed E-state index contributed by atoms with van der Waals surface area (Å²) in [5, 5.41) is 1.38. The van der Waals surface area contributed by atoms with E-state index in [-0.39, 0.29) is 12.2 Å². The van der Waals surface area contributed by atoms with Crippen LogP contribution in [0.1, 0.15) is 31.0 Å². The molecule has 3 aromatic rings. The first-order valence-corrected chi connectivity index (χ1v) is 11.7. The molecule has 1 aliphatic heterocycles. The maximum absolute atomic E-state index is 13.5. The van der Waals surface area contributed by atoms with Crippen LogP contribution in [0.25, 0.3) is 6.08 Å². The van der Waals surface area contributed by atoms with Crippen molar-refractivity contribution in [1.29, 1.82) is 0 Å². The number of benzene rings is 2. The largest absolute Gasteiger partial charge is 0.463 e. The molecule has 1 aromatic heterocycles. The Labute approximate surface area is 202 Å². The molecule has 5 nitrogen and oxygen atoms in total. The predicted molar refractivity (Wildman–Crippen MR) is 128 cm³/mol. The van der Waals surface area contributed by atoms with Gasteiger partial charge in [0.05, 0.1) is 38.5 Å². The molecule has 0 radical (unpaired) electrons.